The molecule has 0 atom stereocenters. The molecule has 98 valence electrons. The van der Waals surface area contributed by atoms with Gasteiger partial charge >= 0.3 is 0 Å². The van der Waals surface area contributed by atoms with Crippen molar-refractivity contribution in [2.45, 2.75) is 39.5 Å². The largest absolute Gasteiger partial charge is 0.409 e. The minimum atomic E-state index is 0.179. The number of amides is 1. The first-order valence-electron chi connectivity index (χ1n) is 6.27. The third kappa shape index (κ3) is 5.56. The van der Waals surface area contributed by atoms with E-state index in [2.05, 4.69) is 19.0 Å². The predicted molar refractivity (Wildman–Crippen MR) is 66.8 cm³/mol. The van der Waals surface area contributed by atoms with Crippen molar-refractivity contribution in [3.8, 4) is 0 Å². The maximum absolute atomic E-state index is 12.0. The first kappa shape index (κ1) is 13.8. The highest BCUT2D eigenvalue weighted by atomic mass is 16.4. The summed E-state index contributed by atoms with van der Waals surface area (Å²) in [7, 11) is 0. The molecule has 0 unspecified atom stereocenters. The lowest BCUT2D eigenvalue weighted by molar-refractivity contribution is -0.132. The van der Waals surface area contributed by atoms with Crippen LogP contribution in [0.5, 0.6) is 0 Å². The molecule has 5 heteroatoms. The fourth-order valence-corrected chi connectivity index (χ4v) is 1.76. The molecule has 0 spiro atoms. The first-order chi connectivity index (χ1) is 8.02. The van der Waals surface area contributed by atoms with Crippen molar-refractivity contribution in [2.24, 2.45) is 22.7 Å². The number of nitrogens with two attached hydrogens (primary N) is 1. The quantitative estimate of drug-likeness (QED) is 0.306. The summed E-state index contributed by atoms with van der Waals surface area (Å²) in [4.78, 5) is 13.8. The summed E-state index contributed by atoms with van der Waals surface area (Å²) in [5, 5.41) is 11.4. The summed E-state index contributed by atoms with van der Waals surface area (Å²) >= 11 is 0. The van der Waals surface area contributed by atoms with Gasteiger partial charge in [-0.2, -0.15) is 0 Å². The Morgan fingerprint density at radius 3 is 2.65 bits per heavy atom. The Hall–Kier alpha value is -1.26. The van der Waals surface area contributed by atoms with Gasteiger partial charge in [0, 0.05) is 25.9 Å². The molecule has 0 aliphatic heterocycles. The van der Waals surface area contributed by atoms with E-state index in [9.17, 15) is 4.79 Å². The Morgan fingerprint density at radius 1 is 1.53 bits per heavy atom. The Kier molecular flexibility index (Phi) is 5.25. The van der Waals surface area contributed by atoms with Gasteiger partial charge in [0.1, 0.15) is 5.84 Å². The Bertz CT molecular complexity index is 285. The zero-order chi connectivity index (χ0) is 12.8. The zero-order valence-electron chi connectivity index (χ0n) is 10.7. The van der Waals surface area contributed by atoms with Crippen molar-refractivity contribution >= 4 is 11.7 Å². The van der Waals surface area contributed by atoms with Gasteiger partial charge in [0.15, 0.2) is 0 Å². The van der Waals surface area contributed by atoms with Gasteiger partial charge in [0.2, 0.25) is 5.91 Å². The number of carbonyl (C=O) groups excluding carboxylic acids is 1. The van der Waals surface area contributed by atoms with Crippen LogP contribution in [0.15, 0.2) is 5.16 Å². The number of carbonyl (C=O) groups is 1. The molecule has 0 aromatic carbocycles. The second kappa shape index (κ2) is 6.47. The SMILES string of the molecule is CC(C)CN(CCC(N)=NO)C(=O)CC1CC1. The summed E-state index contributed by atoms with van der Waals surface area (Å²) in [6, 6.07) is 0. The molecular formula is C12H23N3O2. The van der Waals surface area contributed by atoms with E-state index < -0.39 is 0 Å². The summed E-state index contributed by atoms with van der Waals surface area (Å²) in [6.45, 7) is 5.45. The van der Waals surface area contributed by atoms with Crippen LogP contribution in [0.2, 0.25) is 0 Å². The highest BCUT2D eigenvalue weighted by Gasteiger charge is 2.27. The van der Waals surface area contributed by atoms with Crippen LogP contribution in [0.1, 0.15) is 39.5 Å². The van der Waals surface area contributed by atoms with Crippen LogP contribution in [0.25, 0.3) is 0 Å². The number of nitrogens with zero attached hydrogens (tertiary/aromatic N) is 2. The molecule has 0 bridgehead atoms. The molecule has 17 heavy (non-hydrogen) atoms. The van der Waals surface area contributed by atoms with Crippen molar-refractivity contribution in [1.82, 2.24) is 4.90 Å². The molecule has 1 saturated carbocycles. The number of hydrogen-bond acceptors (Lipinski definition) is 3. The maximum Gasteiger partial charge on any atom is 0.222 e. The smallest absolute Gasteiger partial charge is 0.222 e. The molecule has 0 radical (unpaired) electrons. The lowest BCUT2D eigenvalue weighted by atomic mass is 10.1. The van der Waals surface area contributed by atoms with Crippen LogP contribution in [0, 0.1) is 11.8 Å². The van der Waals surface area contributed by atoms with Gasteiger partial charge < -0.3 is 15.8 Å². The van der Waals surface area contributed by atoms with Gasteiger partial charge in [-0.3, -0.25) is 4.79 Å². The summed E-state index contributed by atoms with van der Waals surface area (Å²) in [5.74, 6) is 1.41. The lowest BCUT2D eigenvalue weighted by Crippen LogP contribution is -2.36. The van der Waals surface area contributed by atoms with Gasteiger partial charge in [-0.05, 0) is 24.7 Å². The molecule has 1 aliphatic rings. The molecular weight excluding hydrogens is 218 g/mol. The highest BCUT2D eigenvalue weighted by molar-refractivity contribution is 5.81. The van der Waals surface area contributed by atoms with Crippen molar-refractivity contribution in [3.63, 3.8) is 0 Å². The van der Waals surface area contributed by atoms with Crippen LogP contribution >= 0.6 is 0 Å². The van der Waals surface area contributed by atoms with E-state index in [4.69, 9.17) is 10.9 Å². The maximum atomic E-state index is 12.0. The van der Waals surface area contributed by atoms with E-state index >= 15 is 0 Å². The molecule has 0 saturated heterocycles. The minimum Gasteiger partial charge on any atom is -0.409 e. The average Bonchev–Trinajstić information content (AvgIpc) is 3.06. The van der Waals surface area contributed by atoms with Crippen LogP contribution in [0.4, 0.5) is 0 Å². The van der Waals surface area contributed by atoms with Crippen molar-refractivity contribution in [1.29, 1.82) is 0 Å². The average molecular weight is 241 g/mol. The van der Waals surface area contributed by atoms with Gasteiger partial charge in [-0.1, -0.05) is 19.0 Å². The van der Waals surface area contributed by atoms with Crippen molar-refractivity contribution < 1.29 is 10.0 Å². The third-order valence-electron chi connectivity index (χ3n) is 2.86. The number of hydrogen-bond donors (Lipinski definition) is 2. The molecule has 1 rings (SSSR count). The molecule has 1 aliphatic carbocycles. The monoisotopic (exact) mass is 241 g/mol. The van der Waals surface area contributed by atoms with Gasteiger partial charge in [-0.25, -0.2) is 0 Å². The molecule has 3 N–H and O–H groups in total. The van der Waals surface area contributed by atoms with Gasteiger partial charge in [0.05, 0.1) is 0 Å². The Morgan fingerprint density at radius 2 is 2.18 bits per heavy atom. The van der Waals surface area contributed by atoms with E-state index in [-0.39, 0.29) is 11.7 Å². The molecule has 1 fully saturated rings. The van der Waals surface area contributed by atoms with E-state index in [0.29, 0.717) is 31.2 Å². The lowest BCUT2D eigenvalue weighted by Gasteiger charge is -2.24. The zero-order valence-corrected chi connectivity index (χ0v) is 10.7. The Labute approximate surface area is 103 Å². The van der Waals surface area contributed by atoms with Gasteiger partial charge in [0.25, 0.3) is 0 Å². The molecule has 0 aromatic heterocycles. The third-order valence-corrected chi connectivity index (χ3v) is 2.86. The highest BCUT2D eigenvalue weighted by Crippen LogP contribution is 2.32. The fraction of sp³-hybridized carbons (Fsp3) is 0.833. The summed E-state index contributed by atoms with van der Waals surface area (Å²) in [6.07, 6.45) is 3.45. The molecule has 0 heterocycles. The van der Waals surface area contributed by atoms with Crippen LogP contribution in [-0.4, -0.2) is 34.9 Å². The minimum absolute atomic E-state index is 0.179. The van der Waals surface area contributed by atoms with Crippen LogP contribution < -0.4 is 5.73 Å². The van der Waals surface area contributed by atoms with Crippen molar-refractivity contribution in [3.05, 3.63) is 0 Å². The predicted octanol–water partition coefficient (Wildman–Crippen LogP) is 1.41. The van der Waals surface area contributed by atoms with Crippen LogP contribution in [0.3, 0.4) is 0 Å². The first-order valence-corrected chi connectivity index (χ1v) is 6.27. The number of amidine groups is 1. The second-order valence-corrected chi connectivity index (χ2v) is 5.22. The topological polar surface area (TPSA) is 78.9 Å². The molecule has 5 nitrogen and oxygen atoms in total. The Balaban J connectivity index is 2.43. The summed E-state index contributed by atoms with van der Waals surface area (Å²) < 4.78 is 0. The normalized spacial score (nSPS) is 16.3. The van der Waals surface area contributed by atoms with Gasteiger partial charge in [-0.15, -0.1) is 0 Å². The number of oxime groups is 1. The van der Waals surface area contributed by atoms with Crippen molar-refractivity contribution in [2.75, 3.05) is 13.1 Å². The van der Waals surface area contributed by atoms with E-state index in [0.717, 1.165) is 6.54 Å². The van der Waals surface area contributed by atoms with E-state index in [1.807, 2.05) is 4.90 Å². The van der Waals surface area contributed by atoms with Crippen LogP contribution in [-0.2, 0) is 4.79 Å². The molecule has 0 aromatic rings. The second-order valence-electron chi connectivity index (χ2n) is 5.22. The standard InChI is InChI=1S/C12H23N3O2/c1-9(2)8-15(6-5-11(13)14-17)12(16)7-10-3-4-10/h9-10,17H,3-8H2,1-2H3,(H2,13,14). The number of rotatable bonds is 7. The summed E-state index contributed by atoms with van der Waals surface area (Å²) in [5.41, 5.74) is 5.43. The molecule has 1 amide bonds. The van der Waals surface area contributed by atoms with E-state index in [1.165, 1.54) is 12.8 Å². The van der Waals surface area contributed by atoms with E-state index in [1.54, 1.807) is 0 Å². The fourth-order valence-electron chi connectivity index (χ4n) is 1.76.